The number of thiocarbonyl (C=S) groups is 1. The quantitative estimate of drug-likeness (QED) is 0.562. The average molecular weight is 436 g/mol. The zero-order valence-electron chi connectivity index (χ0n) is 18.3. The first kappa shape index (κ1) is 21.5. The van der Waals surface area contributed by atoms with E-state index in [4.69, 9.17) is 17.0 Å². The Hall–Kier alpha value is -2.70. The smallest absolute Gasteiger partial charge is 0.253 e. The molecule has 4 rings (SSSR count). The molecular weight excluding hydrogens is 406 g/mol. The van der Waals surface area contributed by atoms with Crippen molar-refractivity contribution in [2.75, 3.05) is 18.5 Å². The van der Waals surface area contributed by atoms with Crippen molar-refractivity contribution < 1.29 is 4.74 Å². The number of ether oxygens (including phenoxy) is 1. The predicted octanol–water partition coefficient (Wildman–Crippen LogP) is 4.83. The van der Waals surface area contributed by atoms with Crippen molar-refractivity contribution in [3.05, 3.63) is 75.1 Å². The summed E-state index contributed by atoms with van der Waals surface area (Å²) >= 11 is 5.75. The molecule has 2 aromatic carbocycles. The fraction of sp³-hybridized carbons (Fsp3) is 0.360. The normalized spacial score (nSPS) is 15.9. The Labute approximate surface area is 188 Å². The van der Waals surface area contributed by atoms with E-state index in [1.807, 2.05) is 42.2 Å². The summed E-state index contributed by atoms with van der Waals surface area (Å²) in [7, 11) is 0. The van der Waals surface area contributed by atoms with Crippen LogP contribution in [-0.2, 0) is 11.3 Å². The van der Waals surface area contributed by atoms with E-state index in [0.717, 1.165) is 41.6 Å². The number of H-pyrrole nitrogens is 1. The summed E-state index contributed by atoms with van der Waals surface area (Å²) < 4.78 is 5.85. The van der Waals surface area contributed by atoms with Gasteiger partial charge in [0.05, 0.1) is 18.2 Å². The van der Waals surface area contributed by atoms with Crippen molar-refractivity contribution in [2.45, 2.75) is 46.3 Å². The van der Waals surface area contributed by atoms with E-state index >= 15 is 0 Å². The molecule has 6 heteroatoms. The second kappa shape index (κ2) is 9.20. The maximum Gasteiger partial charge on any atom is 0.253 e. The number of fused-ring (bicyclic) bond motifs is 1. The number of aromatic nitrogens is 1. The Morgan fingerprint density at radius 3 is 2.65 bits per heavy atom. The van der Waals surface area contributed by atoms with Crippen LogP contribution in [-0.4, -0.2) is 34.3 Å². The van der Waals surface area contributed by atoms with E-state index < -0.39 is 0 Å². The van der Waals surface area contributed by atoms with Crippen LogP contribution in [0, 0.1) is 20.8 Å². The second-order valence-electron chi connectivity index (χ2n) is 8.48. The first-order chi connectivity index (χ1) is 14.9. The minimum Gasteiger partial charge on any atom is -0.376 e. The van der Waals surface area contributed by atoms with Crippen molar-refractivity contribution in [1.29, 1.82) is 0 Å². The molecule has 0 bridgehead atoms. The molecule has 31 heavy (non-hydrogen) atoms. The van der Waals surface area contributed by atoms with Gasteiger partial charge in [0, 0.05) is 24.4 Å². The van der Waals surface area contributed by atoms with Gasteiger partial charge in [-0.1, -0.05) is 29.3 Å². The molecule has 2 heterocycles. The number of nitrogens with one attached hydrogen (secondary N) is 2. The summed E-state index contributed by atoms with van der Waals surface area (Å²) in [5.74, 6) is 0. The van der Waals surface area contributed by atoms with Gasteiger partial charge >= 0.3 is 0 Å². The van der Waals surface area contributed by atoms with E-state index in [9.17, 15) is 4.79 Å². The van der Waals surface area contributed by atoms with Crippen LogP contribution in [0.15, 0.2) is 47.3 Å². The molecule has 2 N–H and O–H groups in total. The van der Waals surface area contributed by atoms with Crippen molar-refractivity contribution in [3.63, 3.8) is 0 Å². The van der Waals surface area contributed by atoms with Crippen LogP contribution in [0.2, 0.25) is 0 Å². The standard InChI is InChI=1S/C25H29N3O2S/c1-16-6-8-21(9-7-16)26-25(31)28(15-22-5-4-10-30-22)14-20-13-19-12-17(2)11-18(3)23(19)27-24(20)29/h6-9,11-13,22H,4-5,10,14-15H2,1-3H3,(H,26,31)(H,27,29)/t22-/m0/s1. The van der Waals surface area contributed by atoms with Crippen LogP contribution in [0.5, 0.6) is 0 Å². The lowest BCUT2D eigenvalue weighted by molar-refractivity contribution is 0.0904. The minimum absolute atomic E-state index is 0.0741. The van der Waals surface area contributed by atoms with Crippen LogP contribution in [0.3, 0.4) is 0 Å². The Balaban J connectivity index is 1.62. The lowest BCUT2D eigenvalue weighted by atomic mass is 10.1. The van der Waals surface area contributed by atoms with Crippen LogP contribution >= 0.6 is 12.2 Å². The highest BCUT2D eigenvalue weighted by Crippen LogP contribution is 2.20. The topological polar surface area (TPSA) is 57.4 Å². The van der Waals surface area contributed by atoms with Gasteiger partial charge in [-0.15, -0.1) is 0 Å². The fourth-order valence-corrected chi connectivity index (χ4v) is 4.40. The van der Waals surface area contributed by atoms with Gasteiger partial charge in [0.1, 0.15) is 0 Å². The summed E-state index contributed by atoms with van der Waals surface area (Å²) in [4.78, 5) is 18.0. The summed E-state index contributed by atoms with van der Waals surface area (Å²) in [5.41, 5.74) is 5.90. The minimum atomic E-state index is -0.0741. The molecule has 1 saturated heterocycles. The molecule has 1 fully saturated rings. The number of pyridine rings is 1. The van der Waals surface area contributed by atoms with Crippen molar-refractivity contribution in [3.8, 4) is 0 Å². The van der Waals surface area contributed by atoms with Gasteiger partial charge in [0.2, 0.25) is 0 Å². The molecule has 1 aromatic heterocycles. The third-order valence-electron chi connectivity index (χ3n) is 5.77. The van der Waals surface area contributed by atoms with Crippen LogP contribution in [0.25, 0.3) is 10.9 Å². The number of hydrogen-bond donors (Lipinski definition) is 2. The molecular formula is C25H29N3O2S. The molecule has 0 saturated carbocycles. The summed E-state index contributed by atoms with van der Waals surface area (Å²) in [5, 5.41) is 4.97. The van der Waals surface area contributed by atoms with Gasteiger partial charge < -0.3 is 19.9 Å². The average Bonchev–Trinajstić information content (AvgIpc) is 3.23. The zero-order chi connectivity index (χ0) is 22.0. The van der Waals surface area contributed by atoms with Crippen LogP contribution in [0.4, 0.5) is 5.69 Å². The van der Waals surface area contributed by atoms with E-state index in [-0.39, 0.29) is 11.7 Å². The third kappa shape index (κ3) is 5.14. The van der Waals surface area contributed by atoms with Gasteiger partial charge in [-0.25, -0.2) is 0 Å². The number of aryl methyl sites for hydroxylation is 3. The number of anilines is 1. The molecule has 0 spiro atoms. The van der Waals surface area contributed by atoms with Crippen molar-refractivity contribution in [2.24, 2.45) is 0 Å². The number of aromatic amines is 1. The molecule has 0 unspecified atom stereocenters. The summed E-state index contributed by atoms with van der Waals surface area (Å²) in [6.45, 7) is 8.02. The Bertz CT molecular complexity index is 1150. The molecule has 1 atom stereocenters. The molecule has 0 amide bonds. The molecule has 1 aliphatic heterocycles. The first-order valence-corrected chi connectivity index (χ1v) is 11.2. The zero-order valence-corrected chi connectivity index (χ0v) is 19.1. The Morgan fingerprint density at radius 1 is 1.16 bits per heavy atom. The molecule has 0 radical (unpaired) electrons. The van der Waals surface area contributed by atoms with Gasteiger partial charge in [-0.3, -0.25) is 4.79 Å². The number of rotatable bonds is 5. The van der Waals surface area contributed by atoms with E-state index in [1.165, 1.54) is 11.1 Å². The second-order valence-corrected chi connectivity index (χ2v) is 8.87. The molecule has 0 aliphatic carbocycles. The van der Waals surface area contributed by atoms with Crippen LogP contribution < -0.4 is 10.9 Å². The van der Waals surface area contributed by atoms with Crippen molar-refractivity contribution >= 4 is 33.9 Å². The SMILES string of the molecule is Cc1ccc(NC(=S)N(Cc2cc3cc(C)cc(C)c3[nH]c2=O)C[C@@H]2CCCO2)cc1. The highest BCUT2D eigenvalue weighted by atomic mass is 32.1. The van der Waals surface area contributed by atoms with Crippen molar-refractivity contribution in [1.82, 2.24) is 9.88 Å². The molecule has 3 aromatic rings. The lowest BCUT2D eigenvalue weighted by Crippen LogP contribution is -2.40. The molecule has 1 aliphatic rings. The number of nitrogens with zero attached hydrogens (tertiary/aromatic N) is 1. The predicted molar refractivity (Wildman–Crippen MR) is 131 cm³/mol. The van der Waals surface area contributed by atoms with Crippen LogP contribution in [0.1, 0.15) is 35.1 Å². The maximum atomic E-state index is 12.9. The van der Waals surface area contributed by atoms with E-state index in [2.05, 4.69) is 36.3 Å². The largest absolute Gasteiger partial charge is 0.376 e. The molecule has 5 nitrogen and oxygen atoms in total. The highest BCUT2D eigenvalue weighted by molar-refractivity contribution is 7.80. The third-order valence-corrected chi connectivity index (χ3v) is 6.13. The van der Waals surface area contributed by atoms with E-state index in [1.54, 1.807) is 0 Å². The number of hydrogen-bond acceptors (Lipinski definition) is 3. The number of benzene rings is 2. The summed E-state index contributed by atoms with van der Waals surface area (Å²) in [6.07, 6.45) is 2.20. The van der Waals surface area contributed by atoms with E-state index in [0.29, 0.717) is 23.8 Å². The monoisotopic (exact) mass is 435 g/mol. The first-order valence-electron chi connectivity index (χ1n) is 10.8. The Morgan fingerprint density at radius 2 is 1.94 bits per heavy atom. The van der Waals surface area contributed by atoms with Gasteiger partial charge in [0.25, 0.3) is 5.56 Å². The van der Waals surface area contributed by atoms with Gasteiger partial charge in [-0.05, 0) is 81.0 Å². The van der Waals surface area contributed by atoms with Gasteiger partial charge in [-0.2, -0.15) is 0 Å². The van der Waals surface area contributed by atoms with Gasteiger partial charge in [0.15, 0.2) is 5.11 Å². The lowest BCUT2D eigenvalue weighted by Gasteiger charge is -2.28. The maximum absolute atomic E-state index is 12.9. The molecule has 162 valence electrons. The highest BCUT2D eigenvalue weighted by Gasteiger charge is 2.22. The summed E-state index contributed by atoms with van der Waals surface area (Å²) in [6, 6.07) is 14.3. The Kier molecular flexibility index (Phi) is 6.39. The fourth-order valence-electron chi connectivity index (χ4n) is 4.15.